The van der Waals surface area contributed by atoms with Crippen LogP contribution in [0.25, 0.3) is 5.70 Å². The minimum Gasteiger partial charge on any atom is -0.381 e. The van der Waals surface area contributed by atoms with Crippen molar-refractivity contribution >= 4 is 11.4 Å². The van der Waals surface area contributed by atoms with Crippen LogP contribution in [0.15, 0.2) is 114 Å². The second kappa shape index (κ2) is 13.9. The number of dihydropyridines is 1. The molecule has 0 aromatic heterocycles. The molecule has 3 aromatic carbocycles. The molecule has 1 atom stereocenters. The molecule has 0 unspecified atom stereocenters. The van der Waals surface area contributed by atoms with Crippen LogP contribution in [0.5, 0.6) is 0 Å². The van der Waals surface area contributed by atoms with E-state index < -0.39 is 0 Å². The average Bonchev–Trinajstić information content (AvgIpc) is 2.92. The molecule has 35 heavy (non-hydrogen) atoms. The highest BCUT2D eigenvalue weighted by atomic mass is 14.9. The van der Waals surface area contributed by atoms with Crippen molar-refractivity contribution in [2.75, 3.05) is 13.6 Å². The SMILES string of the molecule is CC[C@H](C)c1ccccc1C/C=C\C(=NC)c1ccccc1.Cc1ccccc1C1=CC=CCN1. The first-order valence-corrected chi connectivity index (χ1v) is 12.6. The lowest BCUT2D eigenvalue weighted by molar-refractivity contribution is 0.725. The summed E-state index contributed by atoms with van der Waals surface area (Å²) in [4.78, 5) is 4.39. The lowest BCUT2D eigenvalue weighted by Crippen LogP contribution is -2.14. The summed E-state index contributed by atoms with van der Waals surface area (Å²) >= 11 is 0. The number of hydrogen-bond donors (Lipinski definition) is 1. The van der Waals surface area contributed by atoms with Gasteiger partial charge in [0, 0.05) is 24.9 Å². The molecule has 0 radical (unpaired) electrons. The van der Waals surface area contributed by atoms with E-state index in [-0.39, 0.29) is 0 Å². The fourth-order valence-corrected chi connectivity index (χ4v) is 4.15. The fourth-order valence-electron chi connectivity index (χ4n) is 4.15. The van der Waals surface area contributed by atoms with Gasteiger partial charge in [0.1, 0.15) is 0 Å². The molecule has 0 saturated carbocycles. The molecule has 1 aliphatic heterocycles. The Hall–Kier alpha value is -3.65. The van der Waals surface area contributed by atoms with E-state index in [4.69, 9.17) is 0 Å². The zero-order valence-electron chi connectivity index (χ0n) is 21.5. The van der Waals surface area contributed by atoms with E-state index in [1.165, 1.54) is 34.4 Å². The number of aryl methyl sites for hydroxylation is 1. The summed E-state index contributed by atoms with van der Waals surface area (Å²) in [5, 5.41) is 3.35. The van der Waals surface area contributed by atoms with Crippen molar-refractivity contribution in [1.29, 1.82) is 0 Å². The smallest absolute Gasteiger partial charge is 0.0640 e. The summed E-state index contributed by atoms with van der Waals surface area (Å²) in [7, 11) is 1.85. The summed E-state index contributed by atoms with van der Waals surface area (Å²) in [6, 6.07) is 27.5. The Labute approximate surface area is 211 Å². The van der Waals surface area contributed by atoms with Gasteiger partial charge in [-0.15, -0.1) is 0 Å². The first-order valence-electron chi connectivity index (χ1n) is 12.6. The van der Waals surface area contributed by atoms with Crippen molar-refractivity contribution in [1.82, 2.24) is 5.32 Å². The number of nitrogens with one attached hydrogen (secondary N) is 1. The summed E-state index contributed by atoms with van der Waals surface area (Å²) < 4.78 is 0. The Bertz CT molecular complexity index is 1180. The minimum atomic E-state index is 0.609. The van der Waals surface area contributed by atoms with Crippen LogP contribution < -0.4 is 5.32 Å². The first kappa shape index (κ1) is 26.0. The maximum Gasteiger partial charge on any atom is 0.0640 e. The molecule has 2 heteroatoms. The van der Waals surface area contributed by atoms with Gasteiger partial charge in [0.25, 0.3) is 0 Å². The molecule has 1 aliphatic rings. The molecule has 2 nitrogen and oxygen atoms in total. The third-order valence-electron chi connectivity index (χ3n) is 6.37. The van der Waals surface area contributed by atoms with Crippen molar-refractivity contribution < 1.29 is 0 Å². The second-order valence-corrected chi connectivity index (χ2v) is 8.79. The minimum absolute atomic E-state index is 0.609. The van der Waals surface area contributed by atoms with E-state index in [9.17, 15) is 0 Å². The van der Waals surface area contributed by atoms with Crippen molar-refractivity contribution in [3.05, 3.63) is 137 Å². The summed E-state index contributed by atoms with van der Waals surface area (Å²) in [5.41, 5.74) is 8.91. The van der Waals surface area contributed by atoms with Crippen molar-refractivity contribution in [3.8, 4) is 0 Å². The van der Waals surface area contributed by atoms with Crippen LogP contribution in [0, 0.1) is 6.92 Å². The quantitative estimate of drug-likeness (QED) is 0.354. The van der Waals surface area contributed by atoms with Crippen molar-refractivity contribution in [2.45, 2.75) is 39.5 Å². The number of hydrogen-bond acceptors (Lipinski definition) is 2. The zero-order valence-corrected chi connectivity index (χ0v) is 21.5. The zero-order chi connectivity index (χ0) is 24.9. The van der Waals surface area contributed by atoms with Gasteiger partial charge in [0.15, 0.2) is 0 Å². The van der Waals surface area contributed by atoms with Gasteiger partial charge in [-0.1, -0.05) is 111 Å². The van der Waals surface area contributed by atoms with Gasteiger partial charge in [-0.05, 0) is 60.1 Å². The van der Waals surface area contributed by atoms with Crippen molar-refractivity contribution in [2.24, 2.45) is 4.99 Å². The van der Waals surface area contributed by atoms with E-state index in [0.717, 1.165) is 24.2 Å². The Balaban J connectivity index is 0.000000223. The molecule has 3 aromatic rings. The first-order chi connectivity index (χ1) is 17.1. The van der Waals surface area contributed by atoms with Crippen LogP contribution in [-0.4, -0.2) is 19.3 Å². The molecule has 180 valence electrons. The summed E-state index contributed by atoms with van der Waals surface area (Å²) in [6.07, 6.45) is 12.8. The van der Waals surface area contributed by atoms with Crippen LogP contribution in [0.1, 0.15) is 54.0 Å². The Morgan fingerprint density at radius 1 is 0.971 bits per heavy atom. The summed E-state index contributed by atoms with van der Waals surface area (Å²) in [6.45, 7) is 7.61. The fraction of sp³-hybridized carbons (Fsp3) is 0.242. The number of benzene rings is 3. The van der Waals surface area contributed by atoms with Crippen molar-refractivity contribution in [3.63, 3.8) is 0 Å². The van der Waals surface area contributed by atoms with E-state index in [1.54, 1.807) is 0 Å². The Morgan fingerprint density at radius 3 is 2.37 bits per heavy atom. The van der Waals surface area contributed by atoms with Crippen LogP contribution in [-0.2, 0) is 6.42 Å². The number of rotatable bonds is 7. The van der Waals surface area contributed by atoms with Gasteiger partial charge in [0.2, 0.25) is 0 Å². The normalized spacial score (nSPS) is 14.1. The number of nitrogens with zero attached hydrogens (tertiary/aromatic N) is 1. The van der Waals surface area contributed by atoms with Gasteiger partial charge in [0.05, 0.1) is 5.71 Å². The molecule has 0 spiro atoms. The highest BCUT2D eigenvalue weighted by molar-refractivity contribution is 6.08. The highest BCUT2D eigenvalue weighted by Crippen LogP contribution is 2.23. The monoisotopic (exact) mass is 462 g/mol. The number of aliphatic imine (C=N–C) groups is 1. The van der Waals surface area contributed by atoms with E-state index in [2.05, 4.69) is 122 Å². The highest BCUT2D eigenvalue weighted by Gasteiger charge is 2.07. The van der Waals surface area contributed by atoms with E-state index in [0.29, 0.717) is 5.92 Å². The Kier molecular flexibility index (Phi) is 10.3. The molecule has 1 N–H and O–H groups in total. The van der Waals surface area contributed by atoms with Crippen LogP contribution in [0.4, 0.5) is 0 Å². The predicted molar refractivity (Wildman–Crippen MR) is 153 cm³/mol. The Morgan fingerprint density at radius 2 is 1.69 bits per heavy atom. The molecule has 4 rings (SSSR count). The topological polar surface area (TPSA) is 24.4 Å². The second-order valence-electron chi connectivity index (χ2n) is 8.79. The molecule has 0 saturated heterocycles. The van der Waals surface area contributed by atoms with Gasteiger partial charge < -0.3 is 5.32 Å². The number of allylic oxidation sites excluding steroid dienone is 4. The molecule has 0 bridgehead atoms. The van der Waals surface area contributed by atoms with E-state index >= 15 is 0 Å². The van der Waals surface area contributed by atoms with Gasteiger partial charge in [-0.2, -0.15) is 0 Å². The molecule has 0 aliphatic carbocycles. The molecule has 0 amide bonds. The van der Waals surface area contributed by atoms with Crippen LogP contribution >= 0.6 is 0 Å². The van der Waals surface area contributed by atoms with Crippen LogP contribution in [0.2, 0.25) is 0 Å². The summed E-state index contributed by atoms with van der Waals surface area (Å²) in [5.74, 6) is 0.609. The van der Waals surface area contributed by atoms with Gasteiger partial charge in [-0.3, -0.25) is 4.99 Å². The third kappa shape index (κ3) is 7.68. The molecule has 1 heterocycles. The van der Waals surface area contributed by atoms with Crippen LogP contribution in [0.3, 0.4) is 0 Å². The molecular formula is C33H38N2. The standard InChI is InChI=1S/C21H25N.C12H13N/c1-4-17(2)20-15-9-8-11-18(20)14-10-16-21(22-3)19-12-6-5-7-13-19;1-10-6-2-3-7-11(10)12-8-4-5-9-13-12/h5-13,15-17H,4,14H2,1-3H3;2-8,13H,9H2,1H3/b16-10-,22-21?;/t17-;/m0./s1. The van der Waals surface area contributed by atoms with Gasteiger partial charge in [-0.25, -0.2) is 0 Å². The maximum absolute atomic E-state index is 4.39. The third-order valence-corrected chi connectivity index (χ3v) is 6.37. The maximum atomic E-state index is 4.39. The van der Waals surface area contributed by atoms with Gasteiger partial charge >= 0.3 is 0 Å². The lowest BCUT2D eigenvalue weighted by atomic mass is 9.92. The average molecular weight is 463 g/mol. The van der Waals surface area contributed by atoms with E-state index in [1.807, 2.05) is 25.2 Å². The predicted octanol–water partition coefficient (Wildman–Crippen LogP) is 7.91. The molecule has 0 fully saturated rings. The lowest BCUT2D eigenvalue weighted by Gasteiger charge is -2.13. The molecular weight excluding hydrogens is 424 g/mol. The largest absolute Gasteiger partial charge is 0.381 e.